The molecule has 116 valence electrons. The fraction of sp³-hybridized carbons (Fsp3) is 0.467. The van der Waals surface area contributed by atoms with Crippen LogP contribution in [0.5, 0.6) is 0 Å². The predicted molar refractivity (Wildman–Crippen MR) is 80.5 cm³/mol. The van der Waals surface area contributed by atoms with Crippen molar-refractivity contribution in [2.24, 2.45) is 5.73 Å². The maximum atomic E-state index is 11.7. The Hall–Kier alpha value is -2.08. The molecule has 4 N–H and O–H groups in total. The van der Waals surface area contributed by atoms with Crippen LogP contribution < -0.4 is 16.4 Å². The van der Waals surface area contributed by atoms with Gasteiger partial charge in [-0.05, 0) is 31.4 Å². The molecule has 0 aliphatic carbocycles. The fourth-order valence-corrected chi connectivity index (χ4v) is 1.84. The number of hydrogen-bond donors (Lipinski definition) is 3. The lowest BCUT2D eigenvalue weighted by atomic mass is 10.1. The van der Waals surface area contributed by atoms with E-state index in [2.05, 4.69) is 10.6 Å². The number of unbranched alkanes of at least 4 members (excludes halogenated alkanes) is 1. The first kappa shape index (κ1) is 17.0. The summed E-state index contributed by atoms with van der Waals surface area (Å²) in [7, 11) is 1.54. The van der Waals surface area contributed by atoms with Crippen LogP contribution in [0.4, 0.5) is 4.79 Å². The quantitative estimate of drug-likeness (QED) is 0.627. The van der Waals surface area contributed by atoms with Gasteiger partial charge in [0.25, 0.3) is 0 Å². The molecule has 1 rings (SSSR count). The number of likely N-dealkylation sites (N-methyl/N-ethyl adjacent to an activating group) is 1. The maximum Gasteiger partial charge on any atom is 0.408 e. The summed E-state index contributed by atoms with van der Waals surface area (Å²) >= 11 is 0. The van der Waals surface area contributed by atoms with Gasteiger partial charge in [0, 0.05) is 7.05 Å². The Morgan fingerprint density at radius 3 is 2.57 bits per heavy atom. The molecule has 6 heteroatoms. The molecule has 1 aromatic carbocycles. The average Bonchev–Trinajstić information content (AvgIpc) is 2.52. The smallest absolute Gasteiger partial charge is 0.408 e. The lowest BCUT2D eigenvalue weighted by Gasteiger charge is -2.17. The Morgan fingerprint density at radius 2 is 1.95 bits per heavy atom. The zero-order valence-corrected chi connectivity index (χ0v) is 12.3. The summed E-state index contributed by atoms with van der Waals surface area (Å²) in [5, 5.41) is 5.11. The molecule has 0 heterocycles. The summed E-state index contributed by atoms with van der Waals surface area (Å²) in [6.45, 7) is 0.745. The van der Waals surface area contributed by atoms with Crippen LogP contribution >= 0.6 is 0 Å². The second kappa shape index (κ2) is 9.77. The van der Waals surface area contributed by atoms with Gasteiger partial charge in [0.15, 0.2) is 0 Å². The number of hydrogen-bond acceptors (Lipinski definition) is 4. The number of benzene rings is 1. The summed E-state index contributed by atoms with van der Waals surface area (Å²) < 4.78 is 5.10. The van der Waals surface area contributed by atoms with Gasteiger partial charge < -0.3 is 21.1 Å². The van der Waals surface area contributed by atoms with Crippen molar-refractivity contribution >= 4 is 12.0 Å². The van der Waals surface area contributed by atoms with Crippen LogP contribution in [0.15, 0.2) is 30.3 Å². The van der Waals surface area contributed by atoms with E-state index in [-0.39, 0.29) is 12.5 Å². The molecular formula is C15H23N3O3. The van der Waals surface area contributed by atoms with E-state index in [0.717, 1.165) is 18.4 Å². The van der Waals surface area contributed by atoms with Gasteiger partial charge in [0.05, 0.1) is 0 Å². The molecule has 6 nitrogen and oxygen atoms in total. The van der Waals surface area contributed by atoms with Gasteiger partial charge in [-0.25, -0.2) is 4.79 Å². The highest BCUT2D eigenvalue weighted by Gasteiger charge is 2.19. The van der Waals surface area contributed by atoms with E-state index in [1.165, 1.54) is 7.05 Å². The topological polar surface area (TPSA) is 93.5 Å². The third-order valence-corrected chi connectivity index (χ3v) is 3.01. The first-order valence-corrected chi connectivity index (χ1v) is 7.06. The van der Waals surface area contributed by atoms with Crippen LogP contribution in [0, 0.1) is 0 Å². The molecule has 1 atom stereocenters. The maximum absolute atomic E-state index is 11.7. The van der Waals surface area contributed by atoms with E-state index in [9.17, 15) is 9.59 Å². The van der Waals surface area contributed by atoms with Gasteiger partial charge >= 0.3 is 6.09 Å². The minimum absolute atomic E-state index is 0.177. The number of carbonyl (C=O) groups is 2. The van der Waals surface area contributed by atoms with Crippen molar-refractivity contribution in [2.75, 3.05) is 13.6 Å². The van der Waals surface area contributed by atoms with Crippen LogP contribution in [-0.4, -0.2) is 31.6 Å². The number of alkyl carbamates (subject to hydrolysis) is 1. The number of ether oxygens (including phenoxy) is 1. The molecule has 0 bridgehead atoms. The van der Waals surface area contributed by atoms with E-state index in [0.29, 0.717) is 13.0 Å². The van der Waals surface area contributed by atoms with Crippen molar-refractivity contribution < 1.29 is 14.3 Å². The van der Waals surface area contributed by atoms with E-state index >= 15 is 0 Å². The molecule has 0 saturated heterocycles. The van der Waals surface area contributed by atoms with Gasteiger partial charge in [-0.3, -0.25) is 4.79 Å². The van der Waals surface area contributed by atoms with Gasteiger partial charge in [-0.15, -0.1) is 0 Å². The molecule has 0 fully saturated rings. The minimum Gasteiger partial charge on any atom is -0.445 e. The molecule has 0 aliphatic rings. The van der Waals surface area contributed by atoms with E-state index < -0.39 is 12.1 Å². The van der Waals surface area contributed by atoms with E-state index in [4.69, 9.17) is 10.5 Å². The highest BCUT2D eigenvalue weighted by atomic mass is 16.5. The Morgan fingerprint density at radius 1 is 1.24 bits per heavy atom. The summed E-state index contributed by atoms with van der Waals surface area (Å²) in [6.07, 6.45) is 1.53. The molecule has 21 heavy (non-hydrogen) atoms. The number of carbonyl (C=O) groups excluding carboxylic acids is 2. The highest BCUT2D eigenvalue weighted by molar-refractivity contribution is 5.85. The lowest BCUT2D eigenvalue weighted by molar-refractivity contribution is -0.122. The second-order valence-electron chi connectivity index (χ2n) is 4.66. The molecule has 0 aromatic heterocycles. The van der Waals surface area contributed by atoms with Gasteiger partial charge in [0.2, 0.25) is 5.91 Å². The lowest BCUT2D eigenvalue weighted by Crippen LogP contribution is -2.45. The SMILES string of the molecule is CNC(=O)[C@H](CCCCN)NC(=O)OCc1ccccc1. The molecular weight excluding hydrogens is 270 g/mol. The van der Waals surface area contributed by atoms with Crippen LogP contribution in [0.25, 0.3) is 0 Å². The number of amides is 2. The number of nitrogens with two attached hydrogens (primary N) is 1. The summed E-state index contributed by atoms with van der Waals surface area (Å²) in [5.74, 6) is -0.233. The zero-order valence-electron chi connectivity index (χ0n) is 12.3. The Kier molecular flexibility index (Phi) is 7.89. The molecule has 0 aliphatic heterocycles. The normalized spacial score (nSPS) is 11.5. The van der Waals surface area contributed by atoms with Gasteiger partial charge in [-0.2, -0.15) is 0 Å². The van der Waals surface area contributed by atoms with Crippen LogP contribution in [0.3, 0.4) is 0 Å². The molecule has 0 radical (unpaired) electrons. The van der Waals surface area contributed by atoms with Crippen molar-refractivity contribution in [3.05, 3.63) is 35.9 Å². The van der Waals surface area contributed by atoms with Crippen LogP contribution in [-0.2, 0) is 16.1 Å². The fourth-order valence-electron chi connectivity index (χ4n) is 1.84. The second-order valence-corrected chi connectivity index (χ2v) is 4.66. The largest absolute Gasteiger partial charge is 0.445 e. The van der Waals surface area contributed by atoms with Crippen molar-refractivity contribution in [1.82, 2.24) is 10.6 Å². The predicted octanol–water partition coefficient (Wildman–Crippen LogP) is 1.16. The molecule has 0 unspecified atom stereocenters. The van der Waals surface area contributed by atoms with Crippen molar-refractivity contribution in [3.63, 3.8) is 0 Å². The zero-order chi connectivity index (χ0) is 15.5. The molecule has 0 saturated carbocycles. The Balaban J connectivity index is 2.41. The van der Waals surface area contributed by atoms with Crippen molar-refractivity contribution in [3.8, 4) is 0 Å². The Bertz CT molecular complexity index is 437. The standard InChI is InChI=1S/C15H23N3O3/c1-17-14(19)13(9-5-6-10-16)18-15(20)21-11-12-7-3-2-4-8-12/h2-4,7-8,13H,5-6,9-11,16H2,1H3,(H,17,19)(H,18,20)/t13-/m0/s1. The van der Waals surface area contributed by atoms with Crippen LogP contribution in [0.1, 0.15) is 24.8 Å². The number of rotatable bonds is 8. The molecule has 0 spiro atoms. The third kappa shape index (κ3) is 6.76. The van der Waals surface area contributed by atoms with Crippen LogP contribution in [0.2, 0.25) is 0 Å². The third-order valence-electron chi connectivity index (χ3n) is 3.01. The van der Waals surface area contributed by atoms with Crippen molar-refractivity contribution in [1.29, 1.82) is 0 Å². The highest BCUT2D eigenvalue weighted by Crippen LogP contribution is 2.03. The van der Waals surface area contributed by atoms with Gasteiger partial charge in [-0.1, -0.05) is 30.3 Å². The molecule has 2 amide bonds. The Labute approximate surface area is 125 Å². The summed E-state index contributed by atoms with van der Waals surface area (Å²) in [4.78, 5) is 23.4. The van der Waals surface area contributed by atoms with E-state index in [1.807, 2.05) is 30.3 Å². The minimum atomic E-state index is -0.597. The molecule has 1 aromatic rings. The van der Waals surface area contributed by atoms with Gasteiger partial charge in [0.1, 0.15) is 12.6 Å². The first-order valence-electron chi connectivity index (χ1n) is 7.06. The van der Waals surface area contributed by atoms with E-state index in [1.54, 1.807) is 0 Å². The summed E-state index contributed by atoms with van der Waals surface area (Å²) in [5.41, 5.74) is 6.32. The average molecular weight is 293 g/mol. The summed E-state index contributed by atoms with van der Waals surface area (Å²) in [6, 6.07) is 8.77. The number of nitrogens with one attached hydrogen (secondary N) is 2. The first-order chi connectivity index (χ1) is 10.2. The monoisotopic (exact) mass is 293 g/mol. The van der Waals surface area contributed by atoms with Crippen molar-refractivity contribution in [2.45, 2.75) is 31.9 Å².